The zero-order chi connectivity index (χ0) is 14.0. The second-order valence-electron chi connectivity index (χ2n) is 4.11. The number of anilines is 1. The summed E-state index contributed by atoms with van der Waals surface area (Å²) in [5.74, 6) is -1.83. The van der Waals surface area contributed by atoms with Gasteiger partial charge in [-0.15, -0.1) is 0 Å². The molecule has 0 bridgehead atoms. The first kappa shape index (κ1) is 13.5. The van der Waals surface area contributed by atoms with Gasteiger partial charge in [-0.3, -0.25) is 4.79 Å². The van der Waals surface area contributed by atoms with E-state index in [1.807, 2.05) is 13.0 Å². The molecule has 2 aromatic rings. The topological polar surface area (TPSA) is 49.3 Å². The third kappa shape index (κ3) is 3.12. The number of carbonyl (C=O) groups is 1. The van der Waals surface area contributed by atoms with Crippen molar-refractivity contribution < 1.29 is 14.3 Å². The highest BCUT2D eigenvalue weighted by atomic mass is 79.9. The predicted octanol–water partition coefficient (Wildman–Crippen LogP) is 3.85. The van der Waals surface area contributed by atoms with Crippen molar-refractivity contribution in [3.05, 3.63) is 57.8 Å². The number of aryl methyl sites for hydroxylation is 1. The molecule has 0 aliphatic heterocycles. The molecule has 0 atom stereocenters. The van der Waals surface area contributed by atoms with Crippen LogP contribution in [0.15, 0.2) is 40.9 Å². The number of aromatic hydroxyl groups is 1. The van der Waals surface area contributed by atoms with Gasteiger partial charge in [0, 0.05) is 10.2 Å². The minimum absolute atomic E-state index is 0.361. The maximum absolute atomic E-state index is 13.5. The van der Waals surface area contributed by atoms with Gasteiger partial charge in [0.25, 0.3) is 5.91 Å². The van der Waals surface area contributed by atoms with Crippen molar-refractivity contribution in [2.75, 3.05) is 5.32 Å². The second-order valence-corrected chi connectivity index (χ2v) is 5.02. The second kappa shape index (κ2) is 5.40. The minimum atomic E-state index is -0.760. The van der Waals surface area contributed by atoms with E-state index in [0.717, 1.165) is 16.1 Å². The lowest BCUT2D eigenvalue weighted by atomic mass is 10.1. The molecular formula is C14H11BrFNO2. The average molecular weight is 324 g/mol. The third-order valence-corrected chi connectivity index (χ3v) is 2.98. The number of phenolic OH excluding ortho intramolecular Hbond substituents is 1. The van der Waals surface area contributed by atoms with Crippen molar-refractivity contribution >= 4 is 27.5 Å². The molecule has 98 valence electrons. The quantitative estimate of drug-likeness (QED) is 0.881. The molecule has 1 amide bonds. The number of hydrogen-bond donors (Lipinski definition) is 2. The van der Waals surface area contributed by atoms with Crippen LogP contribution in [0.3, 0.4) is 0 Å². The molecule has 0 unspecified atom stereocenters. The predicted molar refractivity (Wildman–Crippen MR) is 74.9 cm³/mol. The molecule has 0 aliphatic carbocycles. The smallest absolute Gasteiger partial charge is 0.262 e. The SMILES string of the molecule is Cc1cc(Br)cc(NC(=O)c2c(O)cccc2F)c1. The first-order chi connectivity index (χ1) is 8.97. The van der Waals surface area contributed by atoms with E-state index in [0.29, 0.717) is 5.69 Å². The van der Waals surface area contributed by atoms with Gasteiger partial charge in [0.15, 0.2) is 0 Å². The highest BCUT2D eigenvalue weighted by molar-refractivity contribution is 9.10. The summed E-state index contributed by atoms with van der Waals surface area (Å²) < 4.78 is 14.3. The number of rotatable bonds is 2. The number of hydrogen-bond acceptors (Lipinski definition) is 2. The lowest BCUT2D eigenvalue weighted by Crippen LogP contribution is -2.14. The minimum Gasteiger partial charge on any atom is -0.507 e. The van der Waals surface area contributed by atoms with Crippen LogP contribution in [-0.4, -0.2) is 11.0 Å². The highest BCUT2D eigenvalue weighted by Crippen LogP contribution is 2.23. The molecular weight excluding hydrogens is 313 g/mol. The van der Waals surface area contributed by atoms with Gasteiger partial charge < -0.3 is 10.4 Å². The number of phenols is 1. The maximum atomic E-state index is 13.5. The summed E-state index contributed by atoms with van der Waals surface area (Å²) in [6.45, 7) is 1.88. The molecule has 2 rings (SSSR count). The molecule has 0 spiro atoms. The van der Waals surface area contributed by atoms with Gasteiger partial charge in [-0.2, -0.15) is 0 Å². The fourth-order valence-electron chi connectivity index (χ4n) is 1.74. The Morgan fingerprint density at radius 3 is 2.68 bits per heavy atom. The summed E-state index contributed by atoms with van der Waals surface area (Å²) in [4.78, 5) is 12.0. The molecule has 0 fully saturated rings. The Labute approximate surface area is 118 Å². The standard InChI is InChI=1S/C14H11BrFNO2/c1-8-5-9(15)7-10(6-8)17-14(19)13-11(16)3-2-4-12(13)18/h2-7,18H,1H3,(H,17,19). The molecule has 2 N–H and O–H groups in total. The van der Waals surface area contributed by atoms with E-state index in [1.54, 1.807) is 12.1 Å². The molecule has 0 aromatic heterocycles. The van der Waals surface area contributed by atoms with Gasteiger partial charge in [0.2, 0.25) is 0 Å². The summed E-state index contributed by atoms with van der Waals surface area (Å²) in [6, 6.07) is 9.06. The third-order valence-electron chi connectivity index (χ3n) is 2.52. The molecule has 0 radical (unpaired) electrons. The van der Waals surface area contributed by atoms with E-state index < -0.39 is 11.7 Å². The van der Waals surface area contributed by atoms with Gasteiger partial charge >= 0.3 is 0 Å². The first-order valence-corrected chi connectivity index (χ1v) is 6.32. The van der Waals surface area contributed by atoms with Crippen LogP contribution in [0.25, 0.3) is 0 Å². The Balaban J connectivity index is 2.31. The van der Waals surface area contributed by atoms with E-state index in [-0.39, 0.29) is 11.3 Å². The first-order valence-electron chi connectivity index (χ1n) is 5.53. The zero-order valence-corrected chi connectivity index (χ0v) is 11.7. The lowest BCUT2D eigenvalue weighted by molar-refractivity contribution is 0.102. The van der Waals surface area contributed by atoms with Crippen molar-refractivity contribution in [3.63, 3.8) is 0 Å². The molecule has 0 heterocycles. The summed E-state index contributed by atoms with van der Waals surface area (Å²) in [5, 5.41) is 12.1. The molecule has 0 aliphatic rings. The van der Waals surface area contributed by atoms with Crippen molar-refractivity contribution in [3.8, 4) is 5.75 Å². The lowest BCUT2D eigenvalue weighted by Gasteiger charge is -2.09. The Morgan fingerprint density at radius 2 is 2.05 bits per heavy atom. The molecule has 5 heteroatoms. The Kier molecular flexibility index (Phi) is 3.85. The van der Waals surface area contributed by atoms with E-state index in [1.165, 1.54) is 12.1 Å². The molecule has 3 nitrogen and oxygen atoms in total. The number of halogens is 2. The Hall–Kier alpha value is -1.88. The van der Waals surface area contributed by atoms with Crippen LogP contribution in [0.4, 0.5) is 10.1 Å². The largest absolute Gasteiger partial charge is 0.507 e. The summed E-state index contributed by atoms with van der Waals surface area (Å²) in [7, 11) is 0. The van der Waals surface area contributed by atoms with Gasteiger partial charge in [-0.1, -0.05) is 22.0 Å². The fraction of sp³-hybridized carbons (Fsp3) is 0.0714. The van der Waals surface area contributed by atoms with Gasteiger partial charge in [0.05, 0.1) is 0 Å². The zero-order valence-electron chi connectivity index (χ0n) is 10.1. The molecule has 19 heavy (non-hydrogen) atoms. The van der Waals surface area contributed by atoms with Crippen LogP contribution in [0, 0.1) is 12.7 Å². The average Bonchev–Trinajstić information content (AvgIpc) is 2.26. The van der Waals surface area contributed by atoms with Gasteiger partial charge in [0.1, 0.15) is 17.1 Å². The normalized spacial score (nSPS) is 10.3. The van der Waals surface area contributed by atoms with Crippen LogP contribution in [0.5, 0.6) is 5.75 Å². The van der Waals surface area contributed by atoms with Crippen LogP contribution in [0.1, 0.15) is 15.9 Å². The van der Waals surface area contributed by atoms with Crippen LogP contribution >= 0.6 is 15.9 Å². The van der Waals surface area contributed by atoms with E-state index >= 15 is 0 Å². The van der Waals surface area contributed by atoms with Crippen LogP contribution in [-0.2, 0) is 0 Å². The van der Waals surface area contributed by atoms with Crippen molar-refractivity contribution in [1.82, 2.24) is 0 Å². The van der Waals surface area contributed by atoms with E-state index in [2.05, 4.69) is 21.2 Å². The fourth-order valence-corrected chi connectivity index (χ4v) is 2.35. The van der Waals surface area contributed by atoms with Crippen LogP contribution in [0.2, 0.25) is 0 Å². The number of nitrogens with one attached hydrogen (secondary N) is 1. The van der Waals surface area contributed by atoms with Crippen molar-refractivity contribution in [2.45, 2.75) is 6.92 Å². The molecule has 0 saturated heterocycles. The van der Waals surface area contributed by atoms with Gasteiger partial charge in [-0.25, -0.2) is 4.39 Å². The summed E-state index contributed by atoms with van der Waals surface area (Å²) in [6.07, 6.45) is 0. The number of carbonyl (C=O) groups excluding carboxylic acids is 1. The van der Waals surface area contributed by atoms with Gasteiger partial charge in [-0.05, 0) is 42.8 Å². The highest BCUT2D eigenvalue weighted by Gasteiger charge is 2.16. The monoisotopic (exact) mass is 323 g/mol. The summed E-state index contributed by atoms with van der Waals surface area (Å²) >= 11 is 3.31. The summed E-state index contributed by atoms with van der Waals surface area (Å²) in [5.41, 5.74) is 1.11. The van der Waals surface area contributed by atoms with Crippen molar-refractivity contribution in [2.24, 2.45) is 0 Å². The maximum Gasteiger partial charge on any atom is 0.262 e. The van der Waals surface area contributed by atoms with Crippen molar-refractivity contribution in [1.29, 1.82) is 0 Å². The molecule has 2 aromatic carbocycles. The Bertz CT molecular complexity index is 603. The Morgan fingerprint density at radius 1 is 1.32 bits per heavy atom. The molecule has 0 saturated carbocycles. The number of amides is 1. The van der Waals surface area contributed by atoms with Crippen LogP contribution < -0.4 is 5.32 Å². The van der Waals surface area contributed by atoms with E-state index in [4.69, 9.17) is 0 Å². The number of benzene rings is 2. The van der Waals surface area contributed by atoms with E-state index in [9.17, 15) is 14.3 Å².